The molecule has 0 atom stereocenters. The first-order chi connectivity index (χ1) is 16.1. The molecule has 0 saturated heterocycles. The molecule has 3 aromatic rings. The average Bonchev–Trinajstić information content (AvgIpc) is 3.38. The molecule has 3 heterocycles. The fourth-order valence-electron chi connectivity index (χ4n) is 4.25. The first-order valence-electron chi connectivity index (χ1n) is 11.2. The Labute approximate surface area is 197 Å². The van der Waals surface area contributed by atoms with Crippen LogP contribution in [0.15, 0.2) is 29.4 Å². The van der Waals surface area contributed by atoms with Crippen molar-refractivity contribution in [2.24, 2.45) is 0 Å². The summed E-state index contributed by atoms with van der Waals surface area (Å²) in [7, 11) is -0.524. The number of nitrogens with one attached hydrogen (secondary N) is 2. The van der Waals surface area contributed by atoms with Gasteiger partial charge in [0.05, 0.1) is 17.6 Å². The number of halogens is 1. The molecule has 9 nitrogen and oxygen atoms in total. The number of aromatic amines is 1. The van der Waals surface area contributed by atoms with Crippen molar-refractivity contribution in [1.29, 1.82) is 0 Å². The van der Waals surface area contributed by atoms with Gasteiger partial charge in [-0.1, -0.05) is 6.08 Å². The topological polar surface area (TPSA) is 111 Å². The van der Waals surface area contributed by atoms with Crippen molar-refractivity contribution in [3.05, 3.63) is 36.0 Å². The molecule has 1 aliphatic heterocycles. The monoisotopic (exact) mass is 486 g/mol. The maximum atomic E-state index is 15.1. The van der Waals surface area contributed by atoms with Crippen LogP contribution in [0.5, 0.6) is 0 Å². The van der Waals surface area contributed by atoms with Crippen molar-refractivity contribution in [2.45, 2.75) is 36.6 Å². The number of carbonyl (C=O) groups is 1. The van der Waals surface area contributed by atoms with Crippen molar-refractivity contribution in [2.75, 3.05) is 33.7 Å². The summed E-state index contributed by atoms with van der Waals surface area (Å²) >= 11 is 0. The summed E-state index contributed by atoms with van der Waals surface area (Å²) < 4.78 is 43.3. The zero-order chi connectivity index (χ0) is 24.3. The van der Waals surface area contributed by atoms with E-state index in [0.717, 1.165) is 18.4 Å². The van der Waals surface area contributed by atoms with Crippen LogP contribution in [0.3, 0.4) is 0 Å². The number of hydrogen-bond donors (Lipinski definition) is 2. The number of aromatic nitrogens is 3. The van der Waals surface area contributed by atoms with E-state index in [2.05, 4.69) is 24.6 Å². The van der Waals surface area contributed by atoms with Gasteiger partial charge in [-0.2, -0.15) is 0 Å². The third-order valence-electron chi connectivity index (χ3n) is 6.57. The van der Waals surface area contributed by atoms with Crippen LogP contribution in [0.25, 0.3) is 27.5 Å². The number of benzene rings is 1. The van der Waals surface area contributed by atoms with Gasteiger partial charge in [-0.05, 0) is 43.9 Å². The summed E-state index contributed by atoms with van der Waals surface area (Å²) in [5.41, 5.74) is 2.17. The third-order valence-corrected chi connectivity index (χ3v) is 8.22. The third kappa shape index (κ3) is 4.19. The largest absolute Gasteiger partial charge is 0.348 e. The number of carbonyl (C=O) groups excluding carboxylic acids is 1. The van der Waals surface area contributed by atoms with E-state index in [0.29, 0.717) is 53.7 Å². The Kier molecular flexibility index (Phi) is 5.45. The minimum absolute atomic E-state index is 0.0457. The van der Waals surface area contributed by atoms with E-state index in [1.54, 1.807) is 25.9 Å². The summed E-state index contributed by atoms with van der Waals surface area (Å²) in [6, 6.07) is 2.57. The highest BCUT2D eigenvalue weighted by Crippen LogP contribution is 2.38. The number of nitrogens with zero attached hydrogens (tertiary/aromatic N) is 4. The van der Waals surface area contributed by atoms with Crippen LogP contribution in [0.1, 0.15) is 31.9 Å². The zero-order valence-electron chi connectivity index (χ0n) is 19.4. The van der Waals surface area contributed by atoms with Gasteiger partial charge in [-0.15, -0.1) is 0 Å². The molecule has 0 unspecified atom stereocenters. The van der Waals surface area contributed by atoms with E-state index in [1.165, 1.54) is 18.5 Å². The average molecular weight is 487 g/mol. The Morgan fingerprint density at radius 1 is 1.29 bits per heavy atom. The highest BCUT2D eigenvalue weighted by molar-refractivity contribution is 7.89. The smallest absolute Gasteiger partial charge is 0.244 e. The first kappa shape index (κ1) is 22.9. The number of amides is 1. The van der Waals surface area contributed by atoms with Gasteiger partial charge in [0, 0.05) is 43.6 Å². The van der Waals surface area contributed by atoms with Crippen molar-refractivity contribution in [3.8, 4) is 0 Å². The minimum atomic E-state index is -4.00. The Morgan fingerprint density at radius 2 is 2.06 bits per heavy atom. The second-order valence-corrected chi connectivity index (χ2v) is 11.2. The van der Waals surface area contributed by atoms with Crippen LogP contribution in [-0.2, 0) is 14.8 Å². The van der Waals surface area contributed by atoms with Gasteiger partial charge in [0.1, 0.15) is 22.7 Å². The highest BCUT2D eigenvalue weighted by Gasteiger charge is 2.42. The molecular formula is C23H27FN6O3S. The number of fused-ring (bicyclic) bond motifs is 3. The van der Waals surface area contributed by atoms with Crippen LogP contribution in [-0.4, -0.2) is 78.3 Å². The Hall–Kier alpha value is -2.89. The second kappa shape index (κ2) is 8.10. The van der Waals surface area contributed by atoms with Gasteiger partial charge >= 0.3 is 0 Å². The highest BCUT2D eigenvalue weighted by atomic mass is 32.2. The molecule has 1 saturated carbocycles. The Morgan fingerprint density at radius 3 is 2.71 bits per heavy atom. The molecule has 34 heavy (non-hydrogen) atoms. The molecule has 0 bridgehead atoms. The van der Waals surface area contributed by atoms with Gasteiger partial charge in [0.2, 0.25) is 15.9 Å². The molecule has 11 heteroatoms. The van der Waals surface area contributed by atoms with Gasteiger partial charge in [0.25, 0.3) is 0 Å². The van der Waals surface area contributed by atoms with E-state index >= 15 is 4.39 Å². The molecule has 180 valence electrons. The number of sulfonamides is 1. The normalized spacial score (nSPS) is 18.3. The number of H-pyrrole nitrogens is 1. The molecule has 2 aromatic heterocycles. The van der Waals surface area contributed by atoms with Crippen LogP contribution in [0.4, 0.5) is 4.39 Å². The number of rotatable bonds is 6. The van der Waals surface area contributed by atoms with Gasteiger partial charge in [0.15, 0.2) is 0 Å². The van der Waals surface area contributed by atoms with Crippen molar-refractivity contribution in [3.63, 3.8) is 0 Å². The van der Waals surface area contributed by atoms with Gasteiger partial charge in [-0.3, -0.25) is 9.69 Å². The summed E-state index contributed by atoms with van der Waals surface area (Å²) in [6.45, 7) is 3.45. The Balaban J connectivity index is 1.51. The Bertz CT molecular complexity index is 1440. The van der Waals surface area contributed by atoms with Crippen LogP contribution in [0, 0.1) is 5.82 Å². The molecule has 5 rings (SSSR count). The molecule has 1 aromatic carbocycles. The van der Waals surface area contributed by atoms with E-state index in [-0.39, 0.29) is 10.8 Å². The zero-order valence-corrected chi connectivity index (χ0v) is 20.2. The van der Waals surface area contributed by atoms with Crippen molar-refractivity contribution < 1.29 is 17.6 Å². The van der Waals surface area contributed by atoms with Crippen molar-refractivity contribution in [1.82, 2.24) is 29.5 Å². The molecule has 2 N–H and O–H groups in total. The lowest BCUT2D eigenvalue weighted by Crippen LogP contribution is -2.38. The summed E-state index contributed by atoms with van der Waals surface area (Å²) in [6.07, 6.45) is 5.62. The fraction of sp³-hybridized carbons (Fsp3) is 0.435. The number of hydrogen-bond acceptors (Lipinski definition) is 6. The predicted octanol–water partition coefficient (Wildman–Crippen LogP) is 2.26. The van der Waals surface area contributed by atoms with Gasteiger partial charge in [-0.25, -0.2) is 27.5 Å². The van der Waals surface area contributed by atoms with Crippen LogP contribution >= 0.6 is 0 Å². The molecule has 1 aliphatic carbocycles. The molecule has 1 fully saturated rings. The second-order valence-electron chi connectivity index (χ2n) is 9.57. The molecule has 0 radical (unpaired) electrons. The van der Waals surface area contributed by atoms with E-state index < -0.39 is 21.4 Å². The summed E-state index contributed by atoms with van der Waals surface area (Å²) in [4.78, 5) is 27.2. The molecular weight excluding hydrogens is 459 g/mol. The van der Waals surface area contributed by atoms with Crippen molar-refractivity contribution >= 4 is 43.4 Å². The van der Waals surface area contributed by atoms with E-state index in [1.807, 2.05) is 6.08 Å². The standard InChI is InChI=1S/C23H27FN6O3S/c1-23(6-7-23)28-34(32,33)18-11-17-15(10-16(18)24)20-21(25-13-26-22(20)27-17)14-4-8-30(9-5-14)12-19(31)29(2)3/h4,10-11,13,28H,5-9,12H2,1-3H3,(H,25,26,27). The first-order valence-corrected chi connectivity index (χ1v) is 12.7. The maximum Gasteiger partial charge on any atom is 0.244 e. The summed E-state index contributed by atoms with van der Waals surface area (Å²) in [5.74, 6) is -0.768. The lowest BCUT2D eigenvalue weighted by molar-refractivity contribution is -0.129. The predicted molar refractivity (Wildman–Crippen MR) is 127 cm³/mol. The fourth-order valence-corrected chi connectivity index (χ4v) is 5.80. The lowest BCUT2D eigenvalue weighted by atomic mass is 10.0. The van der Waals surface area contributed by atoms with Crippen LogP contribution < -0.4 is 4.72 Å². The SMILES string of the molecule is CN(C)C(=O)CN1CC=C(c2ncnc3[nH]c4cc(S(=O)(=O)NC5(C)CC5)c(F)cc4c23)CC1. The minimum Gasteiger partial charge on any atom is -0.348 e. The quantitative estimate of drug-likeness (QED) is 0.553. The number of likely N-dealkylation sites (N-methyl/N-ethyl adjacent to an activating group) is 1. The molecule has 1 amide bonds. The summed E-state index contributed by atoms with van der Waals surface area (Å²) in [5, 5.41) is 1.19. The van der Waals surface area contributed by atoms with E-state index in [4.69, 9.17) is 0 Å². The van der Waals surface area contributed by atoms with Gasteiger partial charge < -0.3 is 9.88 Å². The lowest BCUT2D eigenvalue weighted by Gasteiger charge is -2.26. The molecule has 0 spiro atoms. The van der Waals surface area contributed by atoms with Crippen LogP contribution in [0.2, 0.25) is 0 Å². The molecule has 2 aliphatic rings. The van der Waals surface area contributed by atoms with E-state index in [9.17, 15) is 13.2 Å². The maximum absolute atomic E-state index is 15.1.